The van der Waals surface area contributed by atoms with Crippen molar-refractivity contribution < 1.29 is 14.3 Å². The van der Waals surface area contributed by atoms with Gasteiger partial charge in [-0.25, -0.2) is 0 Å². The summed E-state index contributed by atoms with van der Waals surface area (Å²) in [6, 6.07) is 5.14. The third-order valence-electron chi connectivity index (χ3n) is 4.11. The SMILES string of the molecule is COc1ccc(C(=O)Nc2c(Cl)cncc2Br)cc1OC1CCCC1. The highest BCUT2D eigenvalue weighted by Gasteiger charge is 2.20. The number of carbonyl (C=O) groups excluding carboxylic acids is 1. The van der Waals surface area contributed by atoms with E-state index in [0.29, 0.717) is 32.2 Å². The molecule has 0 atom stereocenters. The number of methoxy groups -OCH3 is 1. The van der Waals surface area contributed by atoms with Crippen molar-refractivity contribution in [3.05, 3.63) is 45.7 Å². The van der Waals surface area contributed by atoms with Gasteiger partial charge in [0.15, 0.2) is 11.5 Å². The zero-order chi connectivity index (χ0) is 17.8. The molecule has 1 aliphatic carbocycles. The average Bonchev–Trinajstić information content (AvgIpc) is 3.11. The minimum atomic E-state index is -0.285. The van der Waals surface area contributed by atoms with Gasteiger partial charge in [0.2, 0.25) is 0 Å². The molecule has 132 valence electrons. The number of anilines is 1. The summed E-state index contributed by atoms with van der Waals surface area (Å²) in [5.74, 6) is 0.918. The molecule has 0 spiro atoms. The summed E-state index contributed by atoms with van der Waals surface area (Å²) in [6.45, 7) is 0. The van der Waals surface area contributed by atoms with Crippen molar-refractivity contribution in [1.82, 2.24) is 4.98 Å². The maximum absolute atomic E-state index is 12.6. The number of halogens is 2. The van der Waals surface area contributed by atoms with Crippen LogP contribution in [0.1, 0.15) is 36.0 Å². The number of nitrogens with zero attached hydrogens (tertiary/aromatic N) is 1. The van der Waals surface area contributed by atoms with Crippen LogP contribution in [0.25, 0.3) is 0 Å². The summed E-state index contributed by atoms with van der Waals surface area (Å²) < 4.78 is 12.0. The van der Waals surface area contributed by atoms with Crippen molar-refractivity contribution in [2.24, 2.45) is 0 Å². The molecule has 0 unspecified atom stereocenters. The van der Waals surface area contributed by atoms with Gasteiger partial charge in [0.25, 0.3) is 5.91 Å². The van der Waals surface area contributed by atoms with Gasteiger partial charge in [0, 0.05) is 18.0 Å². The molecule has 1 heterocycles. The first-order chi connectivity index (χ1) is 12.1. The molecule has 1 fully saturated rings. The Bertz CT molecular complexity index is 759. The highest BCUT2D eigenvalue weighted by Crippen LogP contribution is 2.33. The van der Waals surface area contributed by atoms with E-state index in [9.17, 15) is 4.79 Å². The van der Waals surface area contributed by atoms with Crippen LogP contribution in [0, 0.1) is 0 Å². The molecule has 2 aromatic rings. The smallest absolute Gasteiger partial charge is 0.255 e. The molecular formula is C18H18BrClN2O3. The summed E-state index contributed by atoms with van der Waals surface area (Å²) in [4.78, 5) is 16.6. The molecule has 0 aliphatic heterocycles. The number of benzene rings is 1. The van der Waals surface area contributed by atoms with Crippen LogP contribution in [0.3, 0.4) is 0 Å². The molecule has 3 rings (SSSR count). The summed E-state index contributed by atoms with van der Waals surface area (Å²) in [5.41, 5.74) is 0.948. The van der Waals surface area contributed by atoms with Crippen molar-refractivity contribution in [2.75, 3.05) is 12.4 Å². The van der Waals surface area contributed by atoms with E-state index in [4.69, 9.17) is 21.1 Å². The van der Waals surface area contributed by atoms with Gasteiger partial charge in [-0.1, -0.05) is 11.6 Å². The van der Waals surface area contributed by atoms with E-state index in [1.54, 1.807) is 31.5 Å². The van der Waals surface area contributed by atoms with Gasteiger partial charge >= 0.3 is 0 Å². The van der Waals surface area contributed by atoms with Crippen LogP contribution in [-0.2, 0) is 0 Å². The number of aromatic nitrogens is 1. The van der Waals surface area contributed by atoms with Gasteiger partial charge in [-0.2, -0.15) is 0 Å². The number of rotatable bonds is 5. The Balaban J connectivity index is 1.82. The van der Waals surface area contributed by atoms with Crippen molar-refractivity contribution >= 4 is 39.1 Å². The first-order valence-electron chi connectivity index (χ1n) is 8.03. The highest BCUT2D eigenvalue weighted by molar-refractivity contribution is 9.10. The van der Waals surface area contributed by atoms with Gasteiger partial charge in [-0.3, -0.25) is 9.78 Å². The lowest BCUT2D eigenvalue weighted by Crippen LogP contribution is -2.15. The van der Waals surface area contributed by atoms with Crippen LogP contribution in [0.4, 0.5) is 5.69 Å². The Kier molecular flexibility index (Phi) is 5.81. The highest BCUT2D eigenvalue weighted by atomic mass is 79.9. The third kappa shape index (κ3) is 4.25. The van der Waals surface area contributed by atoms with E-state index in [-0.39, 0.29) is 12.0 Å². The number of ether oxygens (including phenoxy) is 2. The quantitative estimate of drug-likeness (QED) is 0.726. The average molecular weight is 426 g/mol. The molecule has 1 aromatic heterocycles. The second-order valence-electron chi connectivity index (χ2n) is 5.82. The molecule has 5 nitrogen and oxygen atoms in total. The lowest BCUT2D eigenvalue weighted by molar-refractivity contribution is 0.102. The maximum Gasteiger partial charge on any atom is 0.255 e. The number of hydrogen-bond acceptors (Lipinski definition) is 4. The minimum absolute atomic E-state index is 0.177. The number of carbonyl (C=O) groups is 1. The van der Waals surface area contributed by atoms with Crippen LogP contribution in [0.15, 0.2) is 35.1 Å². The normalized spacial score (nSPS) is 14.4. The molecule has 7 heteroatoms. The Morgan fingerprint density at radius 1 is 1.28 bits per heavy atom. The molecule has 1 aliphatic rings. The second kappa shape index (κ2) is 8.06. The fourth-order valence-electron chi connectivity index (χ4n) is 2.81. The predicted molar refractivity (Wildman–Crippen MR) is 101 cm³/mol. The predicted octanol–water partition coefficient (Wildman–Crippen LogP) is 5.08. The van der Waals surface area contributed by atoms with E-state index in [2.05, 4.69) is 26.2 Å². The van der Waals surface area contributed by atoms with Crippen LogP contribution >= 0.6 is 27.5 Å². The Morgan fingerprint density at radius 3 is 2.72 bits per heavy atom. The molecule has 0 saturated heterocycles. The first-order valence-corrected chi connectivity index (χ1v) is 9.20. The Morgan fingerprint density at radius 2 is 2.04 bits per heavy atom. The number of hydrogen-bond donors (Lipinski definition) is 1. The lowest BCUT2D eigenvalue weighted by atomic mass is 10.1. The Hall–Kier alpha value is -1.79. The van der Waals surface area contributed by atoms with Gasteiger partial charge in [-0.15, -0.1) is 0 Å². The summed E-state index contributed by atoms with van der Waals surface area (Å²) >= 11 is 9.44. The molecule has 0 radical (unpaired) electrons. The van der Waals surface area contributed by atoms with Gasteiger partial charge in [0.05, 0.1) is 28.4 Å². The number of amides is 1. The Labute approximate surface area is 159 Å². The topological polar surface area (TPSA) is 60.5 Å². The summed E-state index contributed by atoms with van der Waals surface area (Å²) in [6.07, 6.45) is 7.62. The molecule has 1 saturated carbocycles. The molecule has 25 heavy (non-hydrogen) atoms. The zero-order valence-electron chi connectivity index (χ0n) is 13.7. The maximum atomic E-state index is 12.6. The van der Waals surface area contributed by atoms with E-state index in [1.165, 1.54) is 19.0 Å². The van der Waals surface area contributed by atoms with Crippen molar-refractivity contribution in [3.8, 4) is 11.5 Å². The second-order valence-corrected chi connectivity index (χ2v) is 7.08. The molecule has 1 aromatic carbocycles. The van der Waals surface area contributed by atoms with E-state index < -0.39 is 0 Å². The minimum Gasteiger partial charge on any atom is -0.493 e. The van der Waals surface area contributed by atoms with Crippen molar-refractivity contribution in [3.63, 3.8) is 0 Å². The monoisotopic (exact) mass is 424 g/mol. The largest absolute Gasteiger partial charge is 0.493 e. The van der Waals surface area contributed by atoms with Crippen LogP contribution in [0.5, 0.6) is 11.5 Å². The van der Waals surface area contributed by atoms with Gasteiger partial charge < -0.3 is 14.8 Å². The molecular weight excluding hydrogens is 408 g/mol. The fourth-order valence-corrected chi connectivity index (χ4v) is 3.56. The first kappa shape index (κ1) is 18.0. The van der Waals surface area contributed by atoms with Crippen LogP contribution in [0.2, 0.25) is 5.02 Å². The number of nitrogens with one attached hydrogen (secondary N) is 1. The number of pyridine rings is 1. The van der Waals surface area contributed by atoms with Gasteiger partial charge in [0.1, 0.15) is 0 Å². The summed E-state index contributed by atoms with van der Waals surface area (Å²) in [7, 11) is 1.59. The summed E-state index contributed by atoms with van der Waals surface area (Å²) in [5, 5.41) is 3.16. The van der Waals surface area contributed by atoms with Gasteiger partial charge in [-0.05, 0) is 59.8 Å². The van der Waals surface area contributed by atoms with E-state index >= 15 is 0 Å². The fraction of sp³-hybridized carbons (Fsp3) is 0.333. The van der Waals surface area contributed by atoms with Crippen LogP contribution < -0.4 is 14.8 Å². The standard InChI is InChI=1S/C18H18BrClN2O3/c1-24-15-7-6-11(8-16(15)25-12-4-2-3-5-12)18(23)22-17-13(19)9-21-10-14(17)20/h6-10,12H,2-5H2,1H3,(H,21,22,23). The molecule has 1 amide bonds. The van der Waals surface area contributed by atoms with Crippen LogP contribution in [-0.4, -0.2) is 24.1 Å². The zero-order valence-corrected chi connectivity index (χ0v) is 16.1. The van der Waals surface area contributed by atoms with Crippen molar-refractivity contribution in [2.45, 2.75) is 31.8 Å². The van der Waals surface area contributed by atoms with E-state index in [0.717, 1.165) is 12.8 Å². The van der Waals surface area contributed by atoms with E-state index in [1.807, 2.05) is 0 Å². The molecule has 0 bridgehead atoms. The third-order valence-corrected chi connectivity index (χ3v) is 5.00. The van der Waals surface area contributed by atoms with Crippen molar-refractivity contribution in [1.29, 1.82) is 0 Å². The molecule has 1 N–H and O–H groups in total. The lowest BCUT2D eigenvalue weighted by Gasteiger charge is -2.17.